The molecule has 0 saturated heterocycles. The second kappa shape index (κ2) is 65.0. The van der Waals surface area contributed by atoms with Crippen LogP contribution in [-0.4, -0.2) is 63.5 Å². The summed E-state index contributed by atoms with van der Waals surface area (Å²) in [6, 6.07) is 0. The molecule has 0 unspecified atom stereocenters. The Morgan fingerprint density at radius 3 is 0.800 bits per heavy atom. The zero-order valence-electron chi connectivity index (χ0n) is 4.30. The van der Waals surface area contributed by atoms with Crippen LogP contribution in [0.15, 0.2) is 0 Å². The molecule has 0 spiro atoms. The van der Waals surface area contributed by atoms with Gasteiger partial charge in [-0.25, -0.2) is 0 Å². The molecule has 10 heavy (non-hydrogen) atoms. The van der Waals surface area contributed by atoms with Crippen molar-refractivity contribution in [1.29, 1.82) is 0 Å². The van der Waals surface area contributed by atoms with Gasteiger partial charge in [-0.3, -0.25) is 4.46 Å². The van der Waals surface area contributed by atoms with Crippen molar-refractivity contribution in [2.45, 2.75) is 0 Å². The summed E-state index contributed by atoms with van der Waals surface area (Å²) in [6.45, 7) is 0. The predicted octanol–water partition coefficient (Wildman–Crippen LogP) is -6.92. The van der Waals surface area contributed by atoms with Gasteiger partial charge in [0.15, 0.2) is 17.4 Å². The van der Waals surface area contributed by atoms with Crippen molar-refractivity contribution < 1.29 is 41.4 Å². The quantitative estimate of drug-likeness (QED) is 0.363. The van der Waals surface area contributed by atoms with Crippen LogP contribution in [0.1, 0.15) is 0 Å². The van der Waals surface area contributed by atoms with E-state index in [1.54, 1.807) is 0 Å². The fourth-order valence-corrected chi connectivity index (χ4v) is 0. The third-order valence-electron chi connectivity index (χ3n) is 0. The maximum Gasteiger partial charge on any atom is 0.761 e. The van der Waals surface area contributed by atoms with Crippen LogP contribution in [0.5, 0.6) is 0 Å². The van der Waals surface area contributed by atoms with Gasteiger partial charge in [0.05, 0.1) is 0 Å². The van der Waals surface area contributed by atoms with E-state index in [-0.39, 0.29) is 44.7 Å². The van der Waals surface area contributed by atoms with Gasteiger partial charge in [0.25, 0.3) is 0 Å². The average molecular weight is 198 g/mol. The zero-order chi connectivity index (χ0) is 3.58. The molecular formula is H15AlO8Si. The van der Waals surface area contributed by atoms with Gasteiger partial charge in [-0.2, -0.15) is 0 Å². The normalized spacial score (nSPS) is 2.40. The summed E-state index contributed by atoms with van der Waals surface area (Å²) >= 11 is 0. The summed E-state index contributed by atoms with van der Waals surface area (Å²) in [4.78, 5) is 14.3. The number of hydrogen-bond donors (Lipinski definition) is 2. The van der Waals surface area contributed by atoms with Crippen molar-refractivity contribution in [2.24, 2.45) is 0 Å². The highest BCUT2D eigenvalue weighted by atomic mass is 28.3. The molecule has 0 heterocycles. The van der Waals surface area contributed by atoms with Crippen LogP contribution in [0.25, 0.3) is 0 Å². The molecule has 0 aliphatic heterocycles. The van der Waals surface area contributed by atoms with E-state index in [0.29, 0.717) is 0 Å². The van der Waals surface area contributed by atoms with E-state index in [2.05, 4.69) is 0 Å². The summed E-state index contributed by atoms with van der Waals surface area (Å²) in [7, 11) is -3.13. The highest BCUT2D eigenvalue weighted by Gasteiger charge is 1.85. The summed E-state index contributed by atoms with van der Waals surface area (Å²) in [5.74, 6) is 0. The van der Waals surface area contributed by atoms with Crippen LogP contribution in [0.4, 0.5) is 0 Å². The second-order valence-electron chi connectivity index (χ2n) is 0.283. The van der Waals surface area contributed by atoms with Crippen LogP contribution < -0.4 is 0 Å². The Hall–Kier alpha value is -0.0506. The molecule has 0 aromatic carbocycles. The first-order valence-electron chi connectivity index (χ1n) is 0.651. The SMILES string of the molecule is O.O.O.O.O.O=[Si](O)O.[AlH3]. The summed E-state index contributed by atoms with van der Waals surface area (Å²) in [5.41, 5.74) is 0. The largest absolute Gasteiger partial charge is 0.761 e. The summed E-state index contributed by atoms with van der Waals surface area (Å²) < 4.78 is 8.74. The molecule has 0 rings (SSSR count). The molecule has 0 saturated carbocycles. The lowest BCUT2D eigenvalue weighted by atomic mass is 15.8. The topological polar surface area (TPSA) is 215 Å². The first-order valence-corrected chi connectivity index (χ1v) is 1.95. The van der Waals surface area contributed by atoms with Gasteiger partial charge < -0.3 is 37.0 Å². The van der Waals surface area contributed by atoms with Crippen molar-refractivity contribution in [2.75, 3.05) is 0 Å². The Morgan fingerprint density at radius 2 is 0.800 bits per heavy atom. The maximum absolute atomic E-state index is 8.74. The van der Waals surface area contributed by atoms with Crippen molar-refractivity contribution in [1.82, 2.24) is 0 Å². The highest BCUT2D eigenvalue weighted by Crippen LogP contribution is 1.27. The van der Waals surface area contributed by atoms with Crippen molar-refractivity contribution in [3.05, 3.63) is 0 Å². The minimum absolute atomic E-state index is 0. The Bertz CT molecular complexity index is 32.2. The molecule has 0 aliphatic rings. The monoisotopic (exact) mass is 198 g/mol. The first-order chi connectivity index (χ1) is 1.73. The predicted molar refractivity (Wildman–Crippen MR) is 38.9 cm³/mol. The van der Waals surface area contributed by atoms with E-state index >= 15 is 0 Å². The van der Waals surface area contributed by atoms with E-state index in [1.165, 1.54) is 0 Å². The lowest BCUT2D eigenvalue weighted by Gasteiger charge is -1.55. The third kappa shape index (κ3) is 150000. The van der Waals surface area contributed by atoms with Crippen LogP contribution in [-0.2, 0) is 4.46 Å². The lowest BCUT2D eigenvalue weighted by molar-refractivity contribution is 0.330. The van der Waals surface area contributed by atoms with Gasteiger partial charge >= 0.3 is 9.17 Å². The summed E-state index contributed by atoms with van der Waals surface area (Å²) in [6.07, 6.45) is 0. The molecule has 0 fully saturated rings. The number of rotatable bonds is 0. The molecule has 12 N–H and O–H groups in total. The molecule has 10 heteroatoms. The van der Waals surface area contributed by atoms with Gasteiger partial charge in [0.2, 0.25) is 0 Å². The van der Waals surface area contributed by atoms with E-state index in [9.17, 15) is 0 Å². The highest BCUT2D eigenvalue weighted by molar-refractivity contribution is 6.22. The molecule has 8 nitrogen and oxygen atoms in total. The smallest absolute Gasteiger partial charge is 0.511 e. The Morgan fingerprint density at radius 1 is 0.800 bits per heavy atom. The minimum atomic E-state index is -3.13. The molecule has 0 amide bonds. The second-order valence-corrected chi connectivity index (χ2v) is 0.848. The maximum atomic E-state index is 8.74. The lowest BCUT2D eigenvalue weighted by Crippen LogP contribution is -1.90. The van der Waals surface area contributed by atoms with Gasteiger partial charge in [-0.15, -0.1) is 0 Å². The summed E-state index contributed by atoms with van der Waals surface area (Å²) in [5, 5.41) is 0. The fourth-order valence-electron chi connectivity index (χ4n) is 0. The van der Waals surface area contributed by atoms with Crippen LogP contribution >= 0.6 is 0 Å². The Balaban J connectivity index is -0.00000000300. The zero-order valence-corrected chi connectivity index (χ0v) is 5.30. The van der Waals surface area contributed by atoms with Crippen molar-refractivity contribution >= 4 is 26.5 Å². The number of hydrogen-bond acceptors (Lipinski definition) is 1. The van der Waals surface area contributed by atoms with Crippen LogP contribution in [0, 0.1) is 0 Å². The third-order valence-corrected chi connectivity index (χ3v) is 0. The van der Waals surface area contributed by atoms with E-state index in [4.69, 9.17) is 14.1 Å². The van der Waals surface area contributed by atoms with Crippen LogP contribution in [0.3, 0.4) is 0 Å². The van der Waals surface area contributed by atoms with E-state index in [0.717, 1.165) is 0 Å². The average Bonchev–Trinajstić information content (AvgIpc) is 0.811. The minimum Gasteiger partial charge on any atom is -0.511 e. The first kappa shape index (κ1) is 91.6. The fraction of sp³-hybridized carbons (Fsp3) is 0. The van der Waals surface area contributed by atoms with Crippen molar-refractivity contribution in [3.8, 4) is 0 Å². The van der Waals surface area contributed by atoms with Crippen molar-refractivity contribution in [3.63, 3.8) is 0 Å². The van der Waals surface area contributed by atoms with E-state index in [1.807, 2.05) is 0 Å². The standard InChI is InChI=1S/Al.H2O3Si.5H2O.3H/c;1-4(2)3;;;;;;;;/h;1-2H;5*1H2;;;. The van der Waals surface area contributed by atoms with E-state index < -0.39 is 9.17 Å². The Labute approximate surface area is 68.7 Å². The van der Waals surface area contributed by atoms with Gasteiger partial charge in [0, 0.05) is 0 Å². The molecule has 0 bridgehead atoms. The Kier molecular flexibility index (Phi) is 596. The van der Waals surface area contributed by atoms with Gasteiger partial charge in [-0.1, -0.05) is 0 Å². The van der Waals surface area contributed by atoms with Crippen LogP contribution in [0.2, 0.25) is 0 Å². The molecule has 0 aliphatic carbocycles. The van der Waals surface area contributed by atoms with Gasteiger partial charge in [-0.05, 0) is 0 Å². The molecule has 0 radical (unpaired) electrons. The van der Waals surface area contributed by atoms with Gasteiger partial charge in [0.1, 0.15) is 0 Å². The molecule has 0 aromatic rings. The molecule has 70 valence electrons. The molecule has 0 aromatic heterocycles. The molecular weight excluding hydrogens is 183 g/mol. The molecule has 0 atom stereocenters.